The molecule has 32 heavy (non-hydrogen) atoms. The van der Waals surface area contributed by atoms with E-state index in [1.807, 2.05) is 39.1 Å². The Bertz CT molecular complexity index is 1130. The third-order valence-corrected chi connectivity index (χ3v) is 6.53. The van der Waals surface area contributed by atoms with Crippen molar-refractivity contribution in [3.05, 3.63) is 45.7 Å². The van der Waals surface area contributed by atoms with Gasteiger partial charge in [0.1, 0.15) is 17.2 Å². The van der Waals surface area contributed by atoms with Crippen molar-refractivity contribution in [3.63, 3.8) is 0 Å². The molecule has 1 amide bonds. The maximum atomic E-state index is 12.3. The number of thioether (sulfide) groups is 1. The first-order chi connectivity index (χ1) is 15.3. The van der Waals surface area contributed by atoms with Gasteiger partial charge < -0.3 is 19.4 Å². The first-order valence-corrected chi connectivity index (χ1v) is 11.7. The van der Waals surface area contributed by atoms with Crippen LogP contribution in [0, 0.1) is 20.8 Å². The number of ether oxygens (including phenoxy) is 2. The van der Waals surface area contributed by atoms with Crippen LogP contribution in [-0.2, 0) is 23.2 Å². The van der Waals surface area contributed by atoms with Gasteiger partial charge in [0.05, 0.1) is 18.1 Å². The number of amides is 1. The first-order valence-electron chi connectivity index (χ1n) is 9.94. The average molecular weight is 476 g/mol. The second-order valence-electron chi connectivity index (χ2n) is 7.01. The van der Waals surface area contributed by atoms with Gasteiger partial charge in [0, 0.05) is 7.05 Å². The molecular weight excluding hydrogens is 450 g/mol. The third-order valence-electron chi connectivity index (χ3n) is 4.46. The lowest BCUT2D eigenvalue weighted by Crippen LogP contribution is -2.14. The van der Waals surface area contributed by atoms with Crippen molar-refractivity contribution in [3.8, 4) is 5.75 Å². The number of nitrogens with zero attached hydrogens (tertiary/aromatic N) is 4. The Labute approximate surface area is 194 Å². The SMILES string of the molecule is CCOC(=O)c1sc(NC(=O)CSc2nnc(COc3cc(C)ccc3C)n2C)nc1C. The van der Waals surface area contributed by atoms with Crippen LogP contribution < -0.4 is 10.1 Å². The highest BCUT2D eigenvalue weighted by Gasteiger charge is 2.18. The van der Waals surface area contributed by atoms with Crippen molar-refractivity contribution >= 4 is 40.1 Å². The summed E-state index contributed by atoms with van der Waals surface area (Å²) in [5.41, 5.74) is 2.70. The highest BCUT2D eigenvalue weighted by atomic mass is 32.2. The molecule has 0 unspecified atom stereocenters. The summed E-state index contributed by atoms with van der Waals surface area (Å²) in [5, 5.41) is 12.0. The molecule has 0 aliphatic carbocycles. The number of hydrogen-bond donors (Lipinski definition) is 1. The molecule has 0 radical (unpaired) electrons. The smallest absolute Gasteiger partial charge is 0.350 e. The summed E-state index contributed by atoms with van der Waals surface area (Å²) >= 11 is 2.35. The van der Waals surface area contributed by atoms with Crippen molar-refractivity contribution in [1.82, 2.24) is 19.7 Å². The van der Waals surface area contributed by atoms with Gasteiger partial charge in [0.2, 0.25) is 5.91 Å². The monoisotopic (exact) mass is 475 g/mol. The lowest BCUT2D eigenvalue weighted by molar-refractivity contribution is -0.113. The number of esters is 1. The maximum Gasteiger partial charge on any atom is 0.350 e. The molecule has 11 heteroatoms. The van der Waals surface area contributed by atoms with Crippen LogP contribution in [0.1, 0.15) is 39.2 Å². The van der Waals surface area contributed by atoms with E-state index in [-0.39, 0.29) is 24.9 Å². The zero-order valence-electron chi connectivity index (χ0n) is 18.6. The van der Waals surface area contributed by atoms with E-state index in [1.54, 1.807) is 18.4 Å². The quantitative estimate of drug-likeness (QED) is 0.369. The molecule has 1 aromatic carbocycles. The van der Waals surface area contributed by atoms with E-state index in [0.717, 1.165) is 28.2 Å². The first kappa shape index (κ1) is 23.7. The van der Waals surface area contributed by atoms with E-state index < -0.39 is 5.97 Å². The van der Waals surface area contributed by atoms with Crippen LogP contribution in [0.15, 0.2) is 23.4 Å². The minimum Gasteiger partial charge on any atom is -0.485 e. The van der Waals surface area contributed by atoms with Crippen LogP contribution in [0.4, 0.5) is 5.13 Å². The van der Waals surface area contributed by atoms with Crippen LogP contribution in [0.5, 0.6) is 5.75 Å². The number of nitrogens with one attached hydrogen (secondary N) is 1. The number of carbonyl (C=O) groups is 2. The van der Waals surface area contributed by atoms with Gasteiger partial charge >= 0.3 is 5.97 Å². The Balaban J connectivity index is 1.54. The minimum atomic E-state index is -0.438. The van der Waals surface area contributed by atoms with E-state index in [0.29, 0.717) is 26.7 Å². The molecule has 0 atom stereocenters. The van der Waals surface area contributed by atoms with Gasteiger partial charge in [-0.3, -0.25) is 4.79 Å². The van der Waals surface area contributed by atoms with Crippen molar-refractivity contribution < 1.29 is 19.1 Å². The second-order valence-corrected chi connectivity index (χ2v) is 8.95. The van der Waals surface area contributed by atoms with Crippen LogP contribution >= 0.6 is 23.1 Å². The number of rotatable bonds is 9. The fourth-order valence-corrected chi connectivity index (χ4v) is 4.33. The predicted molar refractivity (Wildman–Crippen MR) is 123 cm³/mol. The van der Waals surface area contributed by atoms with Crippen molar-refractivity contribution in [2.75, 3.05) is 17.7 Å². The van der Waals surface area contributed by atoms with Gasteiger partial charge in [-0.05, 0) is 44.9 Å². The Morgan fingerprint density at radius 2 is 2.00 bits per heavy atom. The van der Waals surface area contributed by atoms with E-state index in [4.69, 9.17) is 9.47 Å². The molecule has 2 heterocycles. The molecule has 0 fully saturated rings. The summed E-state index contributed by atoms with van der Waals surface area (Å²) in [5.74, 6) is 0.894. The molecule has 0 spiro atoms. The summed E-state index contributed by atoms with van der Waals surface area (Å²) < 4.78 is 12.7. The molecule has 0 aliphatic rings. The Kier molecular flexibility index (Phi) is 7.86. The van der Waals surface area contributed by atoms with Gasteiger partial charge in [0.15, 0.2) is 16.1 Å². The number of aryl methyl sites for hydroxylation is 3. The third kappa shape index (κ3) is 5.86. The van der Waals surface area contributed by atoms with Gasteiger partial charge in [-0.15, -0.1) is 10.2 Å². The summed E-state index contributed by atoms with van der Waals surface area (Å²) in [4.78, 5) is 28.8. The summed E-state index contributed by atoms with van der Waals surface area (Å²) in [6.45, 7) is 8.00. The van der Waals surface area contributed by atoms with E-state index in [1.165, 1.54) is 11.8 Å². The van der Waals surface area contributed by atoms with Crippen molar-refractivity contribution in [1.29, 1.82) is 0 Å². The van der Waals surface area contributed by atoms with Crippen LogP contribution in [0.25, 0.3) is 0 Å². The fraction of sp³-hybridized carbons (Fsp3) is 0.381. The zero-order valence-corrected chi connectivity index (χ0v) is 20.2. The van der Waals surface area contributed by atoms with Crippen LogP contribution in [0.3, 0.4) is 0 Å². The molecule has 1 N–H and O–H groups in total. The topological polar surface area (TPSA) is 108 Å². The average Bonchev–Trinajstić information content (AvgIpc) is 3.29. The number of anilines is 1. The molecule has 3 rings (SSSR count). The zero-order chi connectivity index (χ0) is 23.3. The number of benzene rings is 1. The fourth-order valence-electron chi connectivity index (χ4n) is 2.72. The molecule has 0 bridgehead atoms. The molecule has 0 aliphatic heterocycles. The number of aromatic nitrogens is 4. The van der Waals surface area contributed by atoms with E-state index in [9.17, 15) is 9.59 Å². The molecule has 2 aromatic heterocycles. The normalized spacial score (nSPS) is 10.8. The number of hydrogen-bond acceptors (Lipinski definition) is 9. The largest absolute Gasteiger partial charge is 0.485 e. The summed E-state index contributed by atoms with van der Waals surface area (Å²) in [6.07, 6.45) is 0. The van der Waals surface area contributed by atoms with E-state index in [2.05, 4.69) is 20.5 Å². The molecule has 170 valence electrons. The molecule has 3 aromatic rings. The highest BCUT2D eigenvalue weighted by Crippen LogP contribution is 2.25. The summed E-state index contributed by atoms with van der Waals surface area (Å²) in [6, 6.07) is 6.04. The maximum absolute atomic E-state index is 12.3. The van der Waals surface area contributed by atoms with Gasteiger partial charge in [-0.2, -0.15) is 0 Å². The van der Waals surface area contributed by atoms with Crippen LogP contribution in [-0.4, -0.2) is 44.0 Å². The highest BCUT2D eigenvalue weighted by molar-refractivity contribution is 7.99. The number of carbonyl (C=O) groups excluding carboxylic acids is 2. The van der Waals surface area contributed by atoms with E-state index >= 15 is 0 Å². The molecule has 0 saturated carbocycles. The standard InChI is InChI=1S/C21H25N5O4S2/c1-6-29-19(28)18-14(4)22-20(32-18)23-17(27)11-31-21-25-24-16(26(21)5)10-30-15-9-12(2)7-8-13(15)3/h7-9H,6,10-11H2,1-5H3,(H,22,23,27). The minimum absolute atomic E-state index is 0.122. The lowest BCUT2D eigenvalue weighted by atomic mass is 10.1. The molecule has 9 nitrogen and oxygen atoms in total. The Morgan fingerprint density at radius 3 is 2.75 bits per heavy atom. The van der Waals surface area contributed by atoms with Gasteiger partial charge in [0.25, 0.3) is 0 Å². The molecular formula is C21H25N5O4S2. The molecule has 0 saturated heterocycles. The Hall–Kier alpha value is -2.92. The number of thiazole rings is 1. The Morgan fingerprint density at radius 1 is 1.22 bits per heavy atom. The van der Waals surface area contributed by atoms with Gasteiger partial charge in [-0.25, -0.2) is 9.78 Å². The summed E-state index contributed by atoms with van der Waals surface area (Å²) in [7, 11) is 1.83. The lowest BCUT2D eigenvalue weighted by Gasteiger charge is -2.09. The second kappa shape index (κ2) is 10.6. The van der Waals surface area contributed by atoms with Crippen LogP contribution in [0.2, 0.25) is 0 Å². The van der Waals surface area contributed by atoms with Gasteiger partial charge in [-0.1, -0.05) is 35.2 Å². The van der Waals surface area contributed by atoms with Crippen molar-refractivity contribution in [2.45, 2.75) is 39.5 Å². The van der Waals surface area contributed by atoms with Crippen molar-refractivity contribution in [2.24, 2.45) is 7.05 Å². The predicted octanol–water partition coefficient (Wildman–Crippen LogP) is 3.68.